The first-order valence-electron chi connectivity index (χ1n) is 5.50. The highest BCUT2D eigenvalue weighted by Gasteiger charge is 1.99. The van der Waals surface area contributed by atoms with Crippen molar-refractivity contribution in [2.45, 2.75) is 47.0 Å². The summed E-state index contributed by atoms with van der Waals surface area (Å²) in [6.07, 6.45) is 6.22. The van der Waals surface area contributed by atoms with Crippen LogP contribution in [0.2, 0.25) is 0 Å². The van der Waals surface area contributed by atoms with Gasteiger partial charge in [0, 0.05) is 0 Å². The molecule has 0 aromatic heterocycles. The summed E-state index contributed by atoms with van der Waals surface area (Å²) in [5, 5.41) is 3.36. The van der Waals surface area contributed by atoms with E-state index in [9.17, 15) is 0 Å². The van der Waals surface area contributed by atoms with Crippen LogP contribution in [0.5, 0.6) is 0 Å². The first kappa shape index (κ1) is 12.7. The van der Waals surface area contributed by atoms with Crippen LogP contribution < -0.4 is 5.32 Å². The zero-order valence-corrected chi connectivity index (χ0v) is 9.69. The molecular formula is C12H25N. The number of allylic oxidation sites excluding steroid dienone is 2. The Hall–Kier alpha value is -0.300. The van der Waals surface area contributed by atoms with E-state index in [1.165, 1.54) is 31.4 Å². The minimum atomic E-state index is 0.856. The van der Waals surface area contributed by atoms with Gasteiger partial charge >= 0.3 is 0 Å². The molecule has 0 spiro atoms. The molecule has 1 N–H and O–H groups in total. The fourth-order valence-electron chi connectivity index (χ4n) is 1.33. The van der Waals surface area contributed by atoms with Crippen LogP contribution in [0.15, 0.2) is 11.6 Å². The molecule has 0 aliphatic heterocycles. The maximum Gasteiger partial charge on any atom is -0.00465 e. The van der Waals surface area contributed by atoms with E-state index in [1.54, 1.807) is 0 Å². The van der Waals surface area contributed by atoms with Gasteiger partial charge in [-0.05, 0) is 52.1 Å². The minimum Gasteiger partial charge on any atom is -0.317 e. The maximum atomic E-state index is 3.36. The Morgan fingerprint density at radius 2 is 2.00 bits per heavy atom. The lowest BCUT2D eigenvalue weighted by Crippen LogP contribution is -2.16. The van der Waals surface area contributed by atoms with E-state index in [0.29, 0.717) is 0 Å². The zero-order valence-electron chi connectivity index (χ0n) is 9.69. The van der Waals surface area contributed by atoms with Gasteiger partial charge in [-0.1, -0.05) is 25.5 Å². The molecule has 1 unspecified atom stereocenters. The highest BCUT2D eigenvalue weighted by atomic mass is 14.8. The third-order valence-corrected chi connectivity index (χ3v) is 2.28. The van der Waals surface area contributed by atoms with Crippen LogP contribution in [-0.2, 0) is 0 Å². The van der Waals surface area contributed by atoms with Crippen molar-refractivity contribution in [1.82, 2.24) is 5.32 Å². The van der Waals surface area contributed by atoms with Gasteiger partial charge in [0.15, 0.2) is 0 Å². The van der Waals surface area contributed by atoms with Crippen LogP contribution in [-0.4, -0.2) is 13.1 Å². The summed E-state index contributed by atoms with van der Waals surface area (Å²) in [5.74, 6) is 0.856. The van der Waals surface area contributed by atoms with E-state index in [2.05, 4.69) is 39.1 Å². The summed E-state index contributed by atoms with van der Waals surface area (Å²) in [7, 11) is 0. The van der Waals surface area contributed by atoms with Gasteiger partial charge in [-0.15, -0.1) is 0 Å². The molecule has 0 aromatic rings. The number of nitrogens with one attached hydrogen (secondary N) is 1. The summed E-state index contributed by atoms with van der Waals surface area (Å²) < 4.78 is 0. The molecule has 0 rings (SSSR count). The highest BCUT2D eigenvalue weighted by molar-refractivity contribution is 4.92. The Bertz CT molecular complexity index is 134. The van der Waals surface area contributed by atoms with E-state index in [4.69, 9.17) is 0 Å². The van der Waals surface area contributed by atoms with Gasteiger partial charge in [0.25, 0.3) is 0 Å². The maximum absolute atomic E-state index is 3.36. The van der Waals surface area contributed by atoms with Gasteiger partial charge < -0.3 is 5.32 Å². The second-order valence-corrected chi connectivity index (χ2v) is 4.11. The van der Waals surface area contributed by atoms with Crippen LogP contribution in [0.25, 0.3) is 0 Å². The second kappa shape index (κ2) is 8.31. The molecule has 1 heteroatoms. The smallest absolute Gasteiger partial charge is 0.00465 e. The number of hydrogen-bond acceptors (Lipinski definition) is 1. The molecule has 0 saturated carbocycles. The van der Waals surface area contributed by atoms with Crippen LogP contribution >= 0.6 is 0 Å². The first-order chi connectivity index (χ1) is 6.16. The summed E-state index contributed by atoms with van der Waals surface area (Å²) in [5.41, 5.74) is 1.44. The third kappa shape index (κ3) is 9.62. The second-order valence-electron chi connectivity index (χ2n) is 4.11. The van der Waals surface area contributed by atoms with E-state index >= 15 is 0 Å². The molecule has 0 bridgehead atoms. The van der Waals surface area contributed by atoms with Crippen molar-refractivity contribution in [1.29, 1.82) is 0 Å². The first-order valence-corrected chi connectivity index (χ1v) is 5.50. The molecule has 0 aliphatic rings. The zero-order chi connectivity index (χ0) is 10.1. The van der Waals surface area contributed by atoms with Crippen molar-refractivity contribution in [3.05, 3.63) is 11.6 Å². The molecule has 13 heavy (non-hydrogen) atoms. The van der Waals surface area contributed by atoms with Crippen molar-refractivity contribution in [2.24, 2.45) is 5.92 Å². The number of rotatable bonds is 7. The van der Waals surface area contributed by atoms with E-state index in [1.807, 2.05) is 0 Å². The molecule has 0 radical (unpaired) electrons. The number of hydrogen-bond donors (Lipinski definition) is 1. The summed E-state index contributed by atoms with van der Waals surface area (Å²) in [4.78, 5) is 0. The molecule has 0 amide bonds. The average molecular weight is 183 g/mol. The predicted molar refractivity (Wildman–Crippen MR) is 61.0 cm³/mol. The fourth-order valence-corrected chi connectivity index (χ4v) is 1.33. The Labute approximate surface area is 83.6 Å². The quantitative estimate of drug-likeness (QED) is 0.471. The topological polar surface area (TPSA) is 12.0 Å². The Balaban J connectivity index is 3.30. The van der Waals surface area contributed by atoms with Gasteiger partial charge in [-0.2, -0.15) is 0 Å². The molecule has 1 atom stereocenters. The van der Waals surface area contributed by atoms with Crippen molar-refractivity contribution in [2.75, 3.05) is 13.1 Å². The highest BCUT2D eigenvalue weighted by Crippen LogP contribution is 2.10. The summed E-state index contributed by atoms with van der Waals surface area (Å²) >= 11 is 0. The summed E-state index contributed by atoms with van der Waals surface area (Å²) in [6, 6.07) is 0. The standard InChI is InChI=1S/C12H25N/c1-5-13-10-9-12(4)8-6-7-11(2)3/h7,12-13H,5-6,8-10H2,1-4H3. The van der Waals surface area contributed by atoms with Crippen LogP contribution in [0, 0.1) is 5.92 Å². The molecule has 78 valence electrons. The molecular weight excluding hydrogens is 158 g/mol. The predicted octanol–water partition coefficient (Wildman–Crippen LogP) is 3.37. The van der Waals surface area contributed by atoms with Crippen molar-refractivity contribution in [3.63, 3.8) is 0 Å². The monoisotopic (exact) mass is 183 g/mol. The van der Waals surface area contributed by atoms with Gasteiger partial charge in [-0.3, -0.25) is 0 Å². The minimum absolute atomic E-state index is 0.856. The average Bonchev–Trinajstić information content (AvgIpc) is 2.04. The SMILES string of the molecule is CCNCCC(C)CCC=C(C)C. The normalized spacial score (nSPS) is 12.6. The third-order valence-electron chi connectivity index (χ3n) is 2.28. The molecule has 1 nitrogen and oxygen atoms in total. The Kier molecular flexibility index (Phi) is 8.11. The van der Waals surface area contributed by atoms with Crippen molar-refractivity contribution < 1.29 is 0 Å². The molecule has 0 saturated heterocycles. The van der Waals surface area contributed by atoms with Gasteiger partial charge in [-0.25, -0.2) is 0 Å². The van der Waals surface area contributed by atoms with E-state index in [-0.39, 0.29) is 0 Å². The van der Waals surface area contributed by atoms with Crippen molar-refractivity contribution in [3.8, 4) is 0 Å². The summed E-state index contributed by atoms with van der Waals surface area (Å²) in [6.45, 7) is 11.1. The molecule has 0 aliphatic carbocycles. The lowest BCUT2D eigenvalue weighted by Gasteiger charge is -2.09. The van der Waals surface area contributed by atoms with E-state index < -0.39 is 0 Å². The molecule has 0 aromatic carbocycles. The van der Waals surface area contributed by atoms with Gasteiger partial charge in [0.05, 0.1) is 0 Å². The molecule has 0 fully saturated rings. The van der Waals surface area contributed by atoms with Crippen molar-refractivity contribution >= 4 is 0 Å². The lowest BCUT2D eigenvalue weighted by atomic mass is 10.0. The van der Waals surface area contributed by atoms with Crippen LogP contribution in [0.1, 0.15) is 47.0 Å². The van der Waals surface area contributed by atoms with Gasteiger partial charge in [0.2, 0.25) is 0 Å². The lowest BCUT2D eigenvalue weighted by molar-refractivity contribution is 0.477. The molecule has 0 heterocycles. The Morgan fingerprint density at radius 1 is 1.31 bits per heavy atom. The Morgan fingerprint density at radius 3 is 2.54 bits per heavy atom. The van der Waals surface area contributed by atoms with Crippen LogP contribution in [0.3, 0.4) is 0 Å². The van der Waals surface area contributed by atoms with Crippen LogP contribution in [0.4, 0.5) is 0 Å². The largest absolute Gasteiger partial charge is 0.317 e. The fraction of sp³-hybridized carbons (Fsp3) is 0.833. The van der Waals surface area contributed by atoms with Gasteiger partial charge in [0.1, 0.15) is 0 Å². The van der Waals surface area contributed by atoms with E-state index in [0.717, 1.165) is 12.5 Å².